The van der Waals surface area contributed by atoms with E-state index in [0.717, 1.165) is 16.2 Å². The lowest BCUT2D eigenvalue weighted by atomic mass is 10.1. The normalized spacial score (nSPS) is 21.2. The summed E-state index contributed by atoms with van der Waals surface area (Å²) in [5.41, 5.74) is 0.610. The quantitative estimate of drug-likeness (QED) is 0.698. The van der Waals surface area contributed by atoms with Gasteiger partial charge in [-0.3, -0.25) is 19.7 Å². The van der Waals surface area contributed by atoms with Crippen molar-refractivity contribution in [3.05, 3.63) is 20.7 Å². The predicted molar refractivity (Wildman–Crippen MR) is 70.8 cm³/mol. The van der Waals surface area contributed by atoms with Crippen molar-refractivity contribution in [3.8, 4) is 0 Å². The largest absolute Gasteiger partial charge is 0.340 e. The fourth-order valence-corrected chi connectivity index (χ4v) is 3.27. The summed E-state index contributed by atoms with van der Waals surface area (Å²) in [6.07, 6.45) is 5.55. The monoisotopic (exact) mass is 276 g/mol. The van der Waals surface area contributed by atoms with Crippen LogP contribution in [0.4, 0.5) is 0 Å². The zero-order valence-electron chi connectivity index (χ0n) is 10.1. The van der Waals surface area contributed by atoms with Gasteiger partial charge in [-0.1, -0.05) is 12.2 Å². The van der Waals surface area contributed by atoms with Crippen LogP contribution in [0.5, 0.6) is 0 Å². The van der Waals surface area contributed by atoms with Gasteiger partial charge >= 0.3 is 0 Å². The Kier molecular flexibility index (Phi) is 2.94. The molecule has 1 atom stereocenters. The maximum atomic E-state index is 12.2. The number of hydrogen-bond acceptors (Lipinski definition) is 4. The third kappa shape index (κ3) is 2.19. The van der Waals surface area contributed by atoms with Crippen LogP contribution in [0.3, 0.4) is 0 Å². The number of hydrogen-bond donors (Lipinski definition) is 2. The van der Waals surface area contributed by atoms with E-state index in [1.54, 1.807) is 5.38 Å². The molecule has 2 N–H and O–H groups in total. The zero-order valence-corrected chi connectivity index (χ0v) is 10.9. The number of nitrogens with one attached hydrogen (secondary N) is 2. The number of thiophene rings is 1. The van der Waals surface area contributed by atoms with Crippen LogP contribution in [0.15, 0.2) is 5.38 Å². The van der Waals surface area contributed by atoms with Gasteiger partial charge in [-0.15, -0.1) is 11.3 Å². The second-order valence-electron chi connectivity index (χ2n) is 4.55. The smallest absolute Gasteiger partial charge is 0.253 e. The molecule has 1 unspecified atom stereocenters. The molecule has 0 aromatic carbocycles. The highest BCUT2D eigenvalue weighted by atomic mass is 32.1. The van der Waals surface area contributed by atoms with Gasteiger partial charge in [0.05, 0.1) is 5.56 Å². The summed E-state index contributed by atoms with van der Waals surface area (Å²) in [7, 11) is 0. The minimum Gasteiger partial charge on any atom is -0.340 e. The molecule has 1 aliphatic carbocycles. The standard InChI is InChI=1S/C13H12N2O3S/c16-11-5-4-9(13(18)15-11)14-12(17)8-6-19-10-3-1-2-7(8)10/h2-3,6,9H,1,4-5H2,(H,14,17)(H,15,16,18). The van der Waals surface area contributed by atoms with Gasteiger partial charge in [0, 0.05) is 21.6 Å². The molecule has 1 fully saturated rings. The minimum atomic E-state index is -0.619. The Morgan fingerprint density at radius 3 is 3.00 bits per heavy atom. The van der Waals surface area contributed by atoms with Crippen molar-refractivity contribution < 1.29 is 14.4 Å². The lowest BCUT2D eigenvalue weighted by molar-refractivity contribution is -0.134. The molecule has 3 rings (SSSR count). The SMILES string of the molecule is O=C1CCC(NC(=O)c2csc3c2=CCC=3)C(=O)N1. The third-order valence-electron chi connectivity index (χ3n) is 3.27. The first-order valence-corrected chi connectivity index (χ1v) is 6.95. The Morgan fingerprint density at radius 2 is 2.21 bits per heavy atom. The fraction of sp³-hybridized carbons (Fsp3) is 0.308. The van der Waals surface area contributed by atoms with Crippen molar-refractivity contribution in [3.63, 3.8) is 0 Å². The third-order valence-corrected chi connectivity index (χ3v) is 4.27. The first kappa shape index (κ1) is 12.1. The molecule has 1 aromatic heterocycles. The van der Waals surface area contributed by atoms with Crippen molar-refractivity contribution in [2.24, 2.45) is 0 Å². The Balaban J connectivity index is 1.77. The van der Waals surface area contributed by atoms with Crippen molar-refractivity contribution in [1.82, 2.24) is 10.6 Å². The molecule has 1 aliphatic heterocycles. The van der Waals surface area contributed by atoms with Crippen LogP contribution in [0.1, 0.15) is 29.6 Å². The minimum absolute atomic E-state index is 0.251. The van der Waals surface area contributed by atoms with E-state index in [4.69, 9.17) is 0 Å². The lowest BCUT2D eigenvalue weighted by Gasteiger charge is -2.21. The molecule has 2 heterocycles. The number of amides is 3. The van der Waals surface area contributed by atoms with Crippen LogP contribution >= 0.6 is 11.3 Å². The second-order valence-corrected chi connectivity index (χ2v) is 5.46. The van der Waals surface area contributed by atoms with Crippen molar-refractivity contribution in [1.29, 1.82) is 0 Å². The van der Waals surface area contributed by atoms with Gasteiger partial charge in [0.25, 0.3) is 5.91 Å². The summed E-state index contributed by atoms with van der Waals surface area (Å²) in [6.45, 7) is 0. The molecular formula is C13H12N2O3S. The van der Waals surface area contributed by atoms with E-state index in [1.165, 1.54) is 11.3 Å². The number of carbonyl (C=O) groups excluding carboxylic acids is 3. The summed E-state index contributed by atoms with van der Waals surface area (Å²) < 4.78 is 1.11. The van der Waals surface area contributed by atoms with Crippen LogP contribution in [-0.2, 0) is 9.59 Å². The van der Waals surface area contributed by atoms with Crippen LogP contribution in [-0.4, -0.2) is 23.8 Å². The van der Waals surface area contributed by atoms with E-state index in [1.807, 2.05) is 6.08 Å². The van der Waals surface area contributed by atoms with Gasteiger partial charge in [0.1, 0.15) is 6.04 Å². The molecule has 6 heteroatoms. The van der Waals surface area contributed by atoms with Gasteiger partial charge in [0.2, 0.25) is 11.8 Å². The lowest BCUT2D eigenvalue weighted by Crippen LogP contribution is -2.52. The van der Waals surface area contributed by atoms with Crippen molar-refractivity contribution in [2.75, 3.05) is 0 Å². The second kappa shape index (κ2) is 4.62. The molecule has 2 aliphatic rings. The van der Waals surface area contributed by atoms with E-state index in [9.17, 15) is 14.4 Å². The molecule has 19 heavy (non-hydrogen) atoms. The first-order chi connectivity index (χ1) is 9.15. The molecular weight excluding hydrogens is 264 g/mol. The number of rotatable bonds is 2. The maximum Gasteiger partial charge on any atom is 0.253 e. The van der Waals surface area contributed by atoms with Crippen LogP contribution < -0.4 is 20.4 Å². The number of piperidine rings is 1. The van der Waals surface area contributed by atoms with Crippen LogP contribution in [0.2, 0.25) is 0 Å². The Labute approximate surface area is 113 Å². The highest BCUT2D eigenvalue weighted by Crippen LogP contribution is 2.06. The van der Waals surface area contributed by atoms with E-state index < -0.39 is 11.9 Å². The zero-order chi connectivity index (χ0) is 13.4. The van der Waals surface area contributed by atoms with E-state index in [-0.39, 0.29) is 18.2 Å². The predicted octanol–water partition coefficient (Wildman–Crippen LogP) is -0.752. The summed E-state index contributed by atoms with van der Waals surface area (Å²) in [4.78, 5) is 34.8. The van der Waals surface area contributed by atoms with Gasteiger partial charge in [-0.05, 0) is 12.8 Å². The topological polar surface area (TPSA) is 75.3 Å². The summed E-state index contributed by atoms with van der Waals surface area (Å²) >= 11 is 1.53. The molecule has 0 bridgehead atoms. The average molecular weight is 276 g/mol. The first-order valence-electron chi connectivity index (χ1n) is 6.07. The molecule has 1 saturated heterocycles. The Hall–Kier alpha value is -1.95. The molecule has 1 aromatic rings. The molecule has 5 nitrogen and oxygen atoms in total. The van der Waals surface area contributed by atoms with Gasteiger partial charge in [-0.25, -0.2) is 0 Å². The van der Waals surface area contributed by atoms with Gasteiger partial charge in [0.15, 0.2) is 0 Å². The number of carbonyl (C=O) groups is 3. The fourth-order valence-electron chi connectivity index (χ4n) is 2.28. The number of imide groups is 1. The van der Waals surface area contributed by atoms with Crippen LogP contribution in [0.25, 0.3) is 12.2 Å². The summed E-state index contributed by atoms with van der Waals surface area (Å²) in [6, 6.07) is -0.619. The Bertz CT molecular complexity index is 689. The summed E-state index contributed by atoms with van der Waals surface area (Å²) in [5, 5.41) is 7.68. The van der Waals surface area contributed by atoms with Gasteiger partial charge in [-0.2, -0.15) is 0 Å². The molecule has 98 valence electrons. The van der Waals surface area contributed by atoms with Crippen molar-refractivity contribution >= 4 is 41.2 Å². The highest BCUT2D eigenvalue weighted by Gasteiger charge is 2.28. The number of fused-ring (bicyclic) bond motifs is 1. The summed E-state index contributed by atoms with van der Waals surface area (Å²) in [5.74, 6) is -0.958. The van der Waals surface area contributed by atoms with Crippen LogP contribution in [0, 0.1) is 0 Å². The van der Waals surface area contributed by atoms with Gasteiger partial charge < -0.3 is 5.32 Å². The van der Waals surface area contributed by atoms with E-state index in [0.29, 0.717) is 12.0 Å². The molecule has 0 saturated carbocycles. The Morgan fingerprint density at radius 1 is 1.37 bits per heavy atom. The molecule has 3 amide bonds. The maximum absolute atomic E-state index is 12.2. The average Bonchev–Trinajstić information content (AvgIpc) is 2.94. The van der Waals surface area contributed by atoms with E-state index >= 15 is 0 Å². The molecule has 0 radical (unpaired) electrons. The molecule has 0 spiro atoms. The van der Waals surface area contributed by atoms with E-state index in [2.05, 4.69) is 16.7 Å². The highest BCUT2D eigenvalue weighted by molar-refractivity contribution is 7.08. The van der Waals surface area contributed by atoms with Crippen molar-refractivity contribution in [2.45, 2.75) is 25.3 Å².